The Balaban J connectivity index is 1.91. The van der Waals surface area contributed by atoms with Gasteiger partial charge in [0.05, 0.1) is 20.8 Å². The predicted octanol–water partition coefficient (Wildman–Crippen LogP) is -0.227. The molecule has 1 aliphatic heterocycles. The zero-order chi connectivity index (χ0) is 26.3. The second-order valence-corrected chi connectivity index (χ2v) is 7.94. The van der Waals surface area contributed by atoms with E-state index in [0.29, 0.717) is 0 Å². The van der Waals surface area contributed by atoms with Gasteiger partial charge in [-0.3, -0.25) is 4.79 Å². The summed E-state index contributed by atoms with van der Waals surface area (Å²) in [4.78, 5) is 13.0. The van der Waals surface area contributed by atoms with Crippen LogP contribution in [-0.4, -0.2) is 87.3 Å². The first-order chi connectivity index (χ1) is 17.1. The van der Waals surface area contributed by atoms with Gasteiger partial charge in [-0.2, -0.15) is 0 Å². The Bertz CT molecular complexity index is 1330. The molecule has 3 aromatic rings. The quantitative estimate of drug-likeness (QED) is 0.215. The second kappa shape index (κ2) is 9.72. The molecule has 1 aromatic heterocycles. The molecule has 2 aromatic carbocycles. The Kier molecular flexibility index (Phi) is 6.84. The molecule has 0 amide bonds. The molecule has 7 N–H and O–H groups in total. The summed E-state index contributed by atoms with van der Waals surface area (Å²) in [5.74, 6) is -2.66. The Labute approximate surface area is 202 Å². The van der Waals surface area contributed by atoms with Crippen molar-refractivity contribution in [2.45, 2.75) is 30.7 Å². The molecular weight excluding hydrogens is 484 g/mol. The van der Waals surface area contributed by atoms with Gasteiger partial charge in [-0.15, -0.1) is 0 Å². The number of fused-ring (bicyclic) bond motifs is 1. The van der Waals surface area contributed by atoms with Crippen molar-refractivity contribution < 1.29 is 59.1 Å². The highest BCUT2D eigenvalue weighted by Gasteiger charge is 2.45. The minimum absolute atomic E-state index is 0.0653. The number of aliphatic hydroxyl groups is 4. The molecule has 36 heavy (non-hydrogen) atoms. The number of benzene rings is 2. The number of aliphatic hydroxyl groups excluding tert-OH is 4. The lowest BCUT2D eigenvalue weighted by atomic mass is 9.99. The maximum absolute atomic E-state index is 13.0. The van der Waals surface area contributed by atoms with Crippen LogP contribution in [0.2, 0.25) is 0 Å². The highest BCUT2D eigenvalue weighted by Crippen LogP contribution is 2.51. The largest absolute Gasteiger partial charge is 0.504 e. The number of aromatic hydroxyl groups is 3. The van der Waals surface area contributed by atoms with Crippen molar-refractivity contribution >= 4 is 11.0 Å². The maximum Gasteiger partial charge on any atom is 0.229 e. The van der Waals surface area contributed by atoms with Gasteiger partial charge in [-0.25, -0.2) is 0 Å². The summed E-state index contributed by atoms with van der Waals surface area (Å²) in [6.07, 6.45) is -8.15. The van der Waals surface area contributed by atoms with E-state index in [9.17, 15) is 40.5 Å². The number of phenols is 3. The van der Waals surface area contributed by atoms with Crippen LogP contribution in [0.3, 0.4) is 0 Å². The van der Waals surface area contributed by atoms with Crippen LogP contribution in [0.1, 0.15) is 0 Å². The number of hydrogen-bond donors (Lipinski definition) is 7. The fourth-order valence-corrected chi connectivity index (χ4v) is 3.89. The predicted molar refractivity (Wildman–Crippen MR) is 120 cm³/mol. The smallest absolute Gasteiger partial charge is 0.229 e. The second-order valence-electron chi connectivity index (χ2n) is 7.94. The van der Waals surface area contributed by atoms with Crippen LogP contribution in [0, 0.1) is 0 Å². The van der Waals surface area contributed by atoms with Gasteiger partial charge in [0.25, 0.3) is 0 Å². The third-order valence-electron chi connectivity index (χ3n) is 5.77. The molecular formula is C23H24O13. The lowest BCUT2D eigenvalue weighted by Gasteiger charge is -2.39. The molecule has 5 atom stereocenters. The fraction of sp³-hybridized carbons (Fsp3) is 0.348. The van der Waals surface area contributed by atoms with Crippen molar-refractivity contribution in [3.05, 3.63) is 34.5 Å². The summed E-state index contributed by atoms with van der Waals surface area (Å²) in [6.45, 7) is -0.709. The zero-order valence-electron chi connectivity index (χ0n) is 19.0. The minimum Gasteiger partial charge on any atom is -0.504 e. The van der Waals surface area contributed by atoms with E-state index in [4.69, 9.17) is 23.4 Å². The Hall–Kier alpha value is -3.75. The molecule has 194 valence electrons. The molecule has 0 spiro atoms. The molecule has 0 radical (unpaired) electrons. The third-order valence-corrected chi connectivity index (χ3v) is 5.77. The van der Waals surface area contributed by atoms with Gasteiger partial charge < -0.3 is 59.1 Å². The first-order valence-corrected chi connectivity index (χ1v) is 10.6. The highest BCUT2D eigenvalue weighted by molar-refractivity contribution is 5.95. The average Bonchev–Trinajstić information content (AvgIpc) is 2.85. The van der Waals surface area contributed by atoms with Crippen LogP contribution >= 0.6 is 0 Å². The van der Waals surface area contributed by atoms with E-state index in [1.807, 2.05) is 0 Å². The van der Waals surface area contributed by atoms with E-state index in [1.54, 1.807) is 0 Å². The lowest BCUT2D eigenvalue weighted by Crippen LogP contribution is -2.60. The SMILES string of the molecule is COc1c(OC2OC(CO)C(O)C(O)C2O)c(OC)c2oc(-c3ccc(O)c(O)c3)cc(=O)c2c1O. The standard InChI is InChI=1S/C23H24O13/c1-32-20-16(29)14-11(27)6-12(8-3-4-9(25)10(26)5-8)34-19(14)21(33-2)22(20)36-23-18(31)17(30)15(28)13(7-24)35-23/h3-6,13,15,17-18,23-26,28-31H,7H2,1-2H3. The molecule has 13 nitrogen and oxygen atoms in total. The van der Waals surface area contributed by atoms with E-state index in [0.717, 1.165) is 19.2 Å². The van der Waals surface area contributed by atoms with Crippen LogP contribution in [-0.2, 0) is 4.74 Å². The Morgan fingerprint density at radius 2 is 1.58 bits per heavy atom. The molecule has 0 aliphatic carbocycles. The molecule has 1 aliphatic rings. The van der Waals surface area contributed by atoms with Crippen LogP contribution in [0.15, 0.2) is 33.5 Å². The van der Waals surface area contributed by atoms with Crippen molar-refractivity contribution in [3.8, 4) is 45.8 Å². The fourth-order valence-electron chi connectivity index (χ4n) is 3.89. The number of hydrogen-bond acceptors (Lipinski definition) is 13. The van der Waals surface area contributed by atoms with Gasteiger partial charge >= 0.3 is 0 Å². The maximum atomic E-state index is 13.0. The van der Waals surface area contributed by atoms with Crippen LogP contribution in [0.4, 0.5) is 0 Å². The normalized spacial score (nSPS) is 24.0. The summed E-state index contributed by atoms with van der Waals surface area (Å²) >= 11 is 0. The van der Waals surface area contributed by atoms with Gasteiger partial charge in [0.15, 0.2) is 28.3 Å². The van der Waals surface area contributed by atoms with Gasteiger partial charge in [0.2, 0.25) is 23.5 Å². The number of rotatable bonds is 6. The molecule has 2 heterocycles. The number of phenolic OH excluding ortho intramolecular Hbond substituents is 3. The number of methoxy groups -OCH3 is 2. The van der Waals surface area contributed by atoms with Crippen LogP contribution < -0.4 is 19.6 Å². The lowest BCUT2D eigenvalue weighted by molar-refractivity contribution is -0.277. The van der Waals surface area contributed by atoms with E-state index < -0.39 is 65.7 Å². The third kappa shape index (κ3) is 4.12. The van der Waals surface area contributed by atoms with Gasteiger partial charge in [-0.05, 0) is 18.2 Å². The van der Waals surface area contributed by atoms with Gasteiger partial charge in [0.1, 0.15) is 35.6 Å². The Morgan fingerprint density at radius 1 is 0.889 bits per heavy atom. The summed E-state index contributed by atoms with van der Waals surface area (Å²) in [5, 5.41) is 69.8. The molecule has 1 fully saturated rings. The summed E-state index contributed by atoms with van der Waals surface area (Å²) in [5.41, 5.74) is -0.809. The van der Waals surface area contributed by atoms with Crippen LogP contribution in [0.25, 0.3) is 22.3 Å². The molecule has 4 rings (SSSR count). The van der Waals surface area contributed by atoms with Gasteiger partial charge in [-0.1, -0.05) is 0 Å². The summed E-state index contributed by atoms with van der Waals surface area (Å²) < 4.78 is 27.4. The van der Waals surface area contributed by atoms with E-state index in [1.165, 1.54) is 19.2 Å². The van der Waals surface area contributed by atoms with E-state index in [-0.39, 0.29) is 33.8 Å². The van der Waals surface area contributed by atoms with Crippen LogP contribution in [0.5, 0.6) is 34.5 Å². The number of ether oxygens (including phenoxy) is 4. The van der Waals surface area contributed by atoms with Crippen molar-refractivity contribution in [1.29, 1.82) is 0 Å². The molecule has 1 saturated heterocycles. The average molecular weight is 508 g/mol. The minimum atomic E-state index is -1.80. The highest BCUT2D eigenvalue weighted by atomic mass is 16.7. The van der Waals surface area contributed by atoms with E-state index in [2.05, 4.69) is 0 Å². The summed E-state index contributed by atoms with van der Waals surface area (Å²) in [7, 11) is 2.36. The van der Waals surface area contributed by atoms with Crippen molar-refractivity contribution in [3.63, 3.8) is 0 Å². The first kappa shape index (κ1) is 25.3. The zero-order valence-corrected chi connectivity index (χ0v) is 19.0. The molecule has 0 bridgehead atoms. The molecule has 5 unspecified atom stereocenters. The van der Waals surface area contributed by atoms with Crippen molar-refractivity contribution in [2.75, 3.05) is 20.8 Å². The van der Waals surface area contributed by atoms with Gasteiger partial charge in [0, 0.05) is 11.6 Å². The van der Waals surface area contributed by atoms with Crippen molar-refractivity contribution in [2.24, 2.45) is 0 Å². The monoisotopic (exact) mass is 508 g/mol. The molecule has 13 heteroatoms. The summed E-state index contributed by atoms with van der Waals surface area (Å²) in [6, 6.07) is 4.76. The van der Waals surface area contributed by atoms with E-state index >= 15 is 0 Å². The first-order valence-electron chi connectivity index (χ1n) is 10.6. The van der Waals surface area contributed by atoms with Crippen molar-refractivity contribution in [1.82, 2.24) is 0 Å². The topological polar surface area (TPSA) is 209 Å². The Morgan fingerprint density at radius 3 is 2.19 bits per heavy atom. The molecule has 0 saturated carbocycles.